The molecule has 6 nitrogen and oxygen atoms in total. The number of piperidine rings is 1. The van der Waals surface area contributed by atoms with E-state index in [2.05, 4.69) is 15.3 Å². The van der Waals surface area contributed by atoms with Crippen molar-refractivity contribution in [3.05, 3.63) is 59.4 Å². The zero-order chi connectivity index (χ0) is 19.0. The number of benzene rings is 1. The Labute approximate surface area is 157 Å². The number of likely N-dealkylation sites (tertiary alicyclic amines) is 1. The van der Waals surface area contributed by atoms with E-state index < -0.39 is 0 Å². The van der Waals surface area contributed by atoms with Crippen LogP contribution in [0.1, 0.15) is 40.5 Å². The number of hydrogen-bond donors (Lipinski definition) is 1. The average molecular weight is 367 g/mol. The van der Waals surface area contributed by atoms with Gasteiger partial charge >= 0.3 is 0 Å². The molecule has 3 heterocycles. The first kappa shape index (κ1) is 17.5. The second kappa shape index (κ2) is 6.98. The largest absolute Gasteiger partial charge is 0.338 e. The van der Waals surface area contributed by atoms with Crippen molar-refractivity contribution in [3.8, 4) is 11.1 Å². The van der Waals surface area contributed by atoms with Crippen LogP contribution in [-0.4, -0.2) is 43.9 Å². The zero-order valence-corrected chi connectivity index (χ0v) is 15.4. The lowest BCUT2D eigenvalue weighted by atomic mass is 9.89. The third-order valence-electron chi connectivity index (χ3n) is 5.24. The number of H-pyrrole nitrogens is 1. The van der Waals surface area contributed by atoms with E-state index in [1.54, 1.807) is 23.1 Å². The minimum Gasteiger partial charge on any atom is -0.338 e. The maximum atomic E-state index is 13.6. The smallest absolute Gasteiger partial charge is 0.257 e. The quantitative estimate of drug-likeness (QED) is 0.773. The van der Waals surface area contributed by atoms with E-state index in [1.807, 2.05) is 24.9 Å². The van der Waals surface area contributed by atoms with Gasteiger partial charge in [-0.05, 0) is 37.5 Å². The van der Waals surface area contributed by atoms with Gasteiger partial charge in [-0.3, -0.25) is 14.6 Å². The van der Waals surface area contributed by atoms with Crippen LogP contribution in [0.25, 0.3) is 11.1 Å². The first-order valence-electron chi connectivity index (χ1n) is 9.11. The first-order valence-corrected chi connectivity index (χ1v) is 9.11. The molecule has 0 saturated carbocycles. The lowest BCUT2D eigenvalue weighted by Crippen LogP contribution is -2.38. The molecular weight excluding hydrogens is 345 g/mol. The van der Waals surface area contributed by atoms with E-state index >= 15 is 0 Å². The van der Waals surface area contributed by atoms with Crippen molar-refractivity contribution in [2.75, 3.05) is 13.1 Å². The number of rotatable bonds is 3. The SMILES string of the molecule is Cc1nn(C)cc1C(=O)N1CCC(c2[nH]ncc2-c2cccc(F)c2)CC1. The highest BCUT2D eigenvalue weighted by Crippen LogP contribution is 2.34. The minimum absolute atomic E-state index is 0.0361. The Balaban J connectivity index is 1.48. The summed E-state index contributed by atoms with van der Waals surface area (Å²) in [6.07, 6.45) is 5.21. The molecule has 0 spiro atoms. The Hall–Kier alpha value is -2.96. The molecule has 27 heavy (non-hydrogen) atoms. The number of nitrogens with one attached hydrogen (secondary N) is 1. The number of carbonyl (C=O) groups excluding carboxylic acids is 1. The van der Waals surface area contributed by atoms with Crippen LogP contribution in [0.2, 0.25) is 0 Å². The van der Waals surface area contributed by atoms with Gasteiger partial charge in [0.25, 0.3) is 5.91 Å². The van der Waals surface area contributed by atoms with Crippen molar-refractivity contribution in [1.82, 2.24) is 24.9 Å². The Morgan fingerprint density at radius 3 is 2.74 bits per heavy atom. The number of aromatic amines is 1. The van der Waals surface area contributed by atoms with Crippen LogP contribution >= 0.6 is 0 Å². The Morgan fingerprint density at radius 1 is 1.30 bits per heavy atom. The van der Waals surface area contributed by atoms with Gasteiger partial charge in [0, 0.05) is 43.5 Å². The number of amides is 1. The van der Waals surface area contributed by atoms with Crippen LogP contribution in [0.3, 0.4) is 0 Å². The summed E-state index contributed by atoms with van der Waals surface area (Å²) in [6, 6.07) is 6.56. The van der Waals surface area contributed by atoms with Gasteiger partial charge in [-0.25, -0.2) is 4.39 Å². The van der Waals surface area contributed by atoms with Crippen molar-refractivity contribution in [2.24, 2.45) is 7.05 Å². The number of carbonyl (C=O) groups is 1. The lowest BCUT2D eigenvalue weighted by molar-refractivity contribution is 0.0711. The van der Waals surface area contributed by atoms with Gasteiger partial charge in [0.2, 0.25) is 0 Å². The van der Waals surface area contributed by atoms with Crippen molar-refractivity contribution in [2.45, 2.75) is 25.7 Å². The van der Waals surface area contributed by atoms with Gasteiger partial charge in [0.15, 0.2) is 0 Å². The van der Waals surface area contributed by atoms with E-state index in [9.17, 15) is 9.18 Å². The normalized spacial score (nSPS) is 15.3. The van der Waals surface area contributed by atoms with E-state index in [0.717, 1.165) is 35.4 Å². The van der Waals surface area contributed by atoms with Gasteiger partial charge < -0.3 is 4.90 Å². The van der Waals surface area contributed by atoms with Gasteiger partial charge in [-0.1, -0.05) is 12.1 Å². The fraction of sp³-hybridized carbons (Fsp3) is 0.350. The number of halogens is 1. The molecule has 1 saturated heterocycles. The summed E-state index contributed by atoms with van der Waals surface area (Å²) < 4.78 is 15.3. The molecule has 1 amide bonds. The number of aromatic nitrogens is 4. The molecule has 7 heteroatoms. The molecule has 0 unspecified atom stereocenters. The van der Waals surface area contributed by atoms with Crippen molar-refractivity contribution in [1.29, 1.82) is 0 Å². The molecule has 3 aromatic rings. The van der Waals surface area contributed by atoms with Crippen LogP contribution < -0.4 is 0 Å². The molecule has 140 valence electrons. The van der Waals surface area contributed by atoms with Crippen LogP contribution in [0, 0.1) is 12.7 Å². The molecular formula is C20H22FN5O. The average Bonchev–Trinajstić information content (AvgIpc) is 3.27. The minimum atomic E-state index is -0.257. The van der Waals surface area contributed by atoms with Crippen LogP contribution in [0.5, 0.6) is 0 Å². The summed E-state index contributed by atoms with van der Waals surface area (Å²) in [5.41, 5.74) is 4.19. The zero-order valence-electron chi connectivity index (χ0n) is 15.4. The van der Waals surface area contributed by atoms with Gasteiger partial charge in [-0.15, -0.1) is 0 Å². The summed E-state index contributed by atoms with van der Waals surface area (Å²) in [6.45, 7) is 3.22. The standard InChI is InChI=1S/C20H22FN5O/c1-13-18(12-25(2)24-13)20(27)26-8-6-14(7-9-26)19-17(11-22-23-19)15-4-3-5-16(21)10-15/h3-5,10-12,14H,6-9H2,1-2H3,(H,22,23). The Morgan fingerprint density at radius 2 is 2.07 bits per heavy atom. The molecule has 0 bridgehead atoms. The molecule has 2 aromatic heterocycles. The Kier molecular flexibility index (Phi) is 4.51. The maximum absolute atomic E-state index is 13.6. The molecule has 1 fully saturated rings. The summed E-state index contributed by atoms with van der Waals surface area (Å²) in [5.74, 6) is 0.0470. The van der Waals surface area contributed by atoms with Crippen LogP contribution in [0.4, 0.5) is 4.39 Å². The Bertz CT molecular complexity index is 968. The van der Waals surface area contributed by atoms with Gasteiger partial charge in [0.1, 0.15) is 5.82 Å². The summed E-state index contributed by atoms with van der Waals surface area (Å²) in [4.78, 5) is 14.7. The highest BCUT2D eigenvalue weighted by molar-refractivity contribution is 5.95. The molecule has 0 radical (unpaired) electrons. The van der Waals surface area contributed by atoms with E-state index in [0.29, 0.717) is 18.7 Å². The first-order chi connectivity index (χ1) is 13.0. The van der Waals surface area contributed by atoms with Crippen molar-refractivity contribution >= 4 is 5.91 Å². The molecule has 1 aliphatic rings. The van der Waals surface area contributed by atoms with Crippen molar-refractivity contribution < 1.29 is 9.18 Å². The third-order valence-corrected chi connectivity index (χ3v) is 5.24. The van der Waals surface area contributed by atoms with Gasteiger partial charge in [0.05, 0.1) is 17.5 Å². The predicted molar refractivity (Wildman–Crippen MR) is 99.8 cm³/mol. The fourth-order valence-electron chi connectivity index (χ4n) is 3.84. The number of aryl methyl sites for hydroxylation is 2. The molecule has 4 rings (SSSR count). The van der Waals surface area contributed by atoms with E-state index in [4.69, 9.17) is 0 Å². The number of hydrogen-bond acceptors (Lipinski definition) is 3. The topological polar surface area (TPSA) is 66.8 Å². The molecule has 1 N–H and O–H groups in total. The summed E-state index contributed by atoms with van der Waals surface area (Å²) in [5, 5.41) is 11.5. The van der Waals surface area contributed by atoms with E-state index in [-0.39, 0.29) is 17.6 Å². The highest BCUT2D eigenvalue weighted by Gasteiger charge is 2.28. The van der Waals surface area contributed by atoms with Crippen LogP contribution in [0.15, 0.2) is 36.7 Å². The van der Waals surface area contributed by atoms with Crippen LogP contribution in [-0.2, 0) is 7.05 Å². The monoisotopic (exact) mass is 367 g/mol. The molecule has 1 aromatic carbocycles. The second-order valence-corrected chi connectivity index (χ2v) is 7.08. The second-order valence-electron chi connectivity index (χ2n) is 7.08. The fourth-order valence-corrected chi connectivity index (χ4v) is 3.84. The highest BCUT2D eigenvalue weighted by atomic mass is 19.1. The van der Waals surface area contributed by atoms with Gasteiger partial charge in [-0.2, -0.15) is 10.2 Å². The molecule has 1 aliphatic heterocycles. The van der Waals surface area contributed by atoms with E-state index in [1.165, 1.54) is 12.1 Å². The summed E-state index contributed by atoms with van der Waals surface area (Å²) in [7, 11) is 1.82. The lowest BCUT2D eigenvalue weighted by Gasteiger charge is -2.32. The summed E-state index contributed by atoms with van der Waals surface area (Å²) >= 11 is 0. The maximum Gasteiger partial charge on any atom is 0.257 e. The third kappa shape index (κ3) is 3.37. The molecule has 0 atom stereocenters. The van der Waals surface area contributed by atoms with Crippen molar-refractivity contribution in [3.63, 3.8) is 0 Å². The molecule has 0 aliphatic carbocycles. The predicted octanol–water partition coefficient (Wildman–Crippen LogP) is 3.28. The number of nitrogens with zero attached hydrogens (tertiary/aromatic N) is 4.